The van der Waals surface area contributed by atoms with Gasteiger partial charge < -0.3 is 0 Å². The molecule has 2 rings (SSSR count). The summed E-state index contributed by atoms with van der Waals surface area (Å²) < 4.78 is 24.7. The van der Waals surface area contributed by atoms with Crippen LogP contribution in [0.3, 0.4) is 0 Å². The Morgan fingerprint density at radius 1 is 1.11 bits per heavy atom. The molecule has 0 fully saturated rings. The fraction of sp³-hybridized carbons (Fsp3) is 0.273. The van der Waals surface area contributed by atoms with Crippen molar-refractivity contribution in [2.24, 2.45) is 0 Å². The van der Waals surface area contributed by atoms with Gasteiger partial charge >= 0.3 is 0 Å². The Morgan fingerprint density at radius 3 is 2.06 bits per heavy atom. The minimum absolute atomic E-state index is 0.143. The third-order valence-corrected chi connectivity index (χ3v) is 4.11. The van der Waals surface area contributed by atoms with E-state index in [0.717, 1.165) is 4.90 Å². The third kappa shape index (κ3) is 2.14. The highest BCUT2D eigenvalue weighted by Crippen LogP contribution is 2.21. The second-order valence-electron chi connectivity index (χ2n) is 3.83. The highest BCUT2D eigenvalue weighted by Gasteiger charge is 2.35. The molecule has 0 aliphatic carbocycles. The molecule has 1 aliphatic rings. The van der Waals surface area contributed by atoms with Crippen LogP contribution in [0.15, 0.2) is 24.3 Å². The van der Waals surface area contributed by atoms with Crippen LogP contribution in [-0.4, -0.2) is 44.5 Å². The van der Waals surface area contributed by atoms with Gasteiger partial charge in [0.1, 0.15) is 0 Å². The monoisotopic (exact) mass is 268 g/mol. The van der Waals surface area contributed by atoms with E-state index in [0.29, 0.717) is 11.1 Å². The average molecular weight is 268 g/mol. The summed E-state index contributed by atoms with van der Waals surface area (Å²) in [4.78, 5) is 24.8. The van der Waals surface area contributed by atoms with E-state index in [2.05, 4.69) is 4.72 Å². The summed E-state index contributed by atoms with van der Waals surface area (Å²) in [6.07, 6.45) is 0. The molecular formula is C11H12N2O4S. The minimum Gasteiger partial charge on any atom is -0.273 e. The van der Waals surface area contributed by atoms with Crippen LogP contribution in [0.1, 0.15) is 20.7 Å². The van der Waals surface area contributed by atoms with Crippen molar-refractivity contribution >= 4 is 21.8 Å². The zero-order valence-corrected chi connectivity index (χ0v) is 10.5. The molecule has 0 aromatic heterocycles. The number of hydrogen-bond acceptors (Lipinski definition) is 4. The highest BCUT2D eigenvalue weighted by molar-refractivity contribution is 7.89. The molecule has 0 spiro atoms. The highest BCUT2D eigenvalue weighted by atomic mass is 32.2. The molecule has 0 saturated carbocycles. The first-order valence-electron chi connectivity index (χ1n) is 5.33. The Morgan fingerprint density at radius 2 is 1.61 bits per heavy atom. The summed E-state index contributed by atoms with van der Waals surface area (Å²) in [5.74, 6) is -1.18. The van der Waals surface area contributed by atoms with Gasteiger partial charge in [-0.05, 0) is 19.2 Å². The Kier molecular flexibility index (Phi) is 3.18. The van der Waals surface area contributed by atoms with Crippen molar-refractivity contribution in [1.82, 2.24) is 9.62 Å². The van der Waals surface area contributed by atoms with Gasteiger partial charge in [0.2, 0.25) is 10.0 Å². The molecule has 0 bridgehead atoms. The predicted octanol–water partition coefficient (Wildman–Crippen LogP) is -0.168. The van der Waals surface area contributed by atoms with E-state index in [1.807, 2.05) is 0 Å². The van der Waals surface area contributed by atoms with Crippen molar-refractivity contribution in [3.05, 3.63) is 35.4 Å². The molecular weight excluding hydrogens is 256 g/mol. The number of fused-ring (bicyclic) bond motifs is 1. The zero-order valence-electron chi connectivity index (χ0n) is 9.71. The molecule has 0 unspecified atom stereocenters. The van der Waals surface area contributed by atoms with E-state index >= 15 is 0 Å². The Hall–Kier alpha value is -1.73. The molecule has 7 heteroatoms. The molecule has 0 atom stereocenters. The van der Waals surface area contributed by atoms with E-state index in [1.54, 1.807) is 24.3 Å². The van der Waals surface area contributed by atoms with Gasteiger partial charge in [-0.3, -0.25) is 14.5 Å². The summed E-state index contributed by atoms with van der Waals surface area (Å²) >= 11 is 0. The van der Waals surface area contributed by atoms with Gasteiger partial charge in [0.25, 0.3) is 11.8 Å². The van der Waals surface area contributed by atoms with Gasteiger partial charge in [-0.1, -0.05) is 12.1 Å². The second kappa shape index (κ2) is 4.51. The average Bonchev–Trinajstić information content (AvgIpc) is 2.61. The first-order valence-corrected chi connectivity index (χ1v) is 6.98. The number of rotatable bonds is 4. The van der Waals surface area contributed by atoms with E-state index in [9.17, 15) is 18.0 Å². The lowest BCUT2D eigenvalue weighted by Crippen LogP contribution is -2.36. The second-order valence-corrected chi connectivity index (χ2v) is 5.88. The van der Waals surface area contributed by atoms with Gasteiger partial charge in [0.15, 0.2) is 0 Å². The van der Waals surface area contributed by atoms with Crippen LogP contribution in [0.2, 0.25) is 0 Å². The van der Waals surface area contributed by atoms with E-state index in [1.165, 1.54) is 7.05 Å². The molecule has 96 valence electrons. The number of carbonyl (C=O) groups is 2. The molecule has 6 nitrogen and oxygen atoms in total. The predicted molar refractivity (Wildman–Crippen MR) is 64.7 cm³/mol. The summed E-state index contributed by atoms with van der Waals surface area (Å²) in [5.41, 5.74) is 0.647. The third-order valence-electron chi connectivity index (χ3n) is 2.77. The zero-order chi connectivity index (χ0) is 13.3. The van der Waals surface area contributed by atoms with Crippen LogP contribution < -0.4 is 4.72 Å². The maximum atomic E-state index is 11.9. The van der Waals surface area contributed by atoms with E-state index in [-0.39, 0.29) is 12.3 Å². The quantitative estimate of drug-likeness (QED) is 0.769. The summed E-state index contributed by atoms with van der Waals surface area (Å²) in [6, 6.07) is 6.44. The molecule has 1 aliphatic heterocycles. The molecule has 0 radical (unpaired) electrons. The number of nitrogens with one attached hydrogen (secondary N) is 1. The number of carbonyl (C=O) groups excluding carboxylic acids is 2. The number of sulfonamides is 1. The standard InChI is InChI=1S/C11H12N2O4S/c1-12-18(16,17)7-6-13-10(14)8-4-2-3-5-9(8)11(13)15/h2-5,12H,6-7H2,1H3. The Labute approximate surface area is 105 Å². The van der Waals surface area contributed by atoms with Crippen molar-refractivity contribution < 1.29 is 18.0 Å². The molecule has 18 heavy (non-hydrogen) atoms. The maximum Gasteiger partial charge on any atom is 0.261 e. The summed E-state index contributed by atoms with van der Waals surface area (Å²) in [6.45, 7) is -0.143. The number of nitrogens with zero attached hydrogens (tertiary/aromatic N) is 1. The lowest BCUT2D eigenvalue weighted by atomic mass is 10.1. The summed E-state index contributed by atoms with van der Waals surface area (Å²) in [7, 11) is -2.15. The topological polar surface area (TPSA) is 83.6 Å². The number of benzene rings is 1. The van der Waals surface area contributed by atoms with E-state index in [4.69, 9.17) is 0 Å². The SMILES string of the molecule is CNS(=O)(=O)CCN1C(=O)c2ccccc2C1=O. The van der Waals surface area contributed by atoms with Crippen LogP contribution in [0.25, 0.3) is 0 Å². The van der Waals surface area contributed by atoms with Crippen molar-refractivity contribution in [2.75, 3.05) is 19.3 Å². The van der Waals surface area contributed by atoms with Gasteiger partial charge in [0, 0.05) is 6.54 Å². The van der Waals surface area contributed by atoms with Gasteiger partial charge in [-0.25, -0.2) is 13.1 Å². The molecule has 1 heterocycles. The largest absolute Gasteiger partial charge is 0.273 e. The van der Waals surface area contributed by atoms with Gasteiger partial charge in [-0.2, -0.15) is 0 Å². The molecule has 0 saturated heterocycles. The van der Waals surface area contributed by atoms with Gasteiger partial charge in [0.05, 0.1) is 16.9 Å². The fourth-order valence-electron chi connectivity index (χ4n) is 1.76. The first-order chi connectivity index (χ1) is 8.46. The lowest BCUT2D eigenvalue weighted by Gasteiger charge is -2.13. The maximum absolute atomic E-state index is 11.9. The number of amides is 2. The van der Waals surface area contributed by atoms with Crippen LogP contribution in [0, 0.1) is 0 Å². The number of hydrogen-bond donors (Lipinski definition) is 1. The van der Waals surface area contributed by atoms with Crippen molar-refractivity contribution in [1.29, 1.82) is 0 Å². The summed E-state index contributed by atoms with van der Waals surface area (Å²) in [5, 5.41) is 0. The van der Waals surface area contributed by atoms with Crippen LogP contribution >= 0.6 is 0 Å². The number of imide groups is 1. The Bertz CT molecular complexity index is 574. The van der Waals surface area contributed by atoms with Crippen LogP contribution in [-0.2, 0) is 10.0 Å². The molecule has 2 amide bonds. The smallest absolute Gasteiger partial charge is 0.261 e. The molecule has 1 aromatic carbocycles. The molecule has 1 N–H and O–H groups in total. The lowest BCUT2D eigenvalue weighted by molar-refractivity contribution is 0.0664. The van der Waals surface area contributed by atoms with Crippen molar-refractivity contribution in [3.63, 3.8) is 0 Å². The normalized spacial score (nSPS) is 15.1. The minimum atomic E-state index is -3.44. The van der Waals surface area contributed by atoms with E-state index < -0.39 is 21.8 Å². The van der Waals surface area contributed by atoms with Gasteiger partial charge in [-0.15, -0.1) is 0 Å². The first kappa shape index (κ1) is 12.7. The Balaban J connectivity index is 2.19. The van der Waals surface area contributed by atoms with Crippen LogP contribution in [0.4, 0.5) is 0 Å². The fourth-order valence-corrected chi connectivity index (χ4v) is 2.38. The van der Waals surface area contributed by atoms with Crippen molar-refractivity contribution in [2.45, 2.75) is 0 Å². The van der Waals surface area contributed by atoms with Crippen LogP contribution in [0.5, 0.6) is 0 Å². The van der Waals surface area contributed by atoms with Crippen molar-refractivity contribution in [3.8, 4) is 0 Å². The molecule has 1 aromatic rings.